The molecule has 0 aromatic heterocycles. The summed E-state index contributed by atoms with van der Waals surface area (Å²) in [6.07, 6.45) is -0.567. The third-order valence-corrected chi connectivity index (χ3v) is 2.33. The summed E-state index contributed by atoms with van der Waals surface area (Å²) in [5, 5.41) is 0. The van der Waals surface area contributed by atoms with E-state index in [1.54, 1.807) is 20.8 Å². The van der Waals surface area contributed by atoms with Crippen molar-refractivity contribution in [3.63, 3.8) is 0 Å². The van der Waals surface area contributed by atoms with Gasteiger partial charge in [0.15, 0.2) is 0 Å². The predicted octanol–water partition coefficient (Wildman–Crippen LogP) is 1.84. The monoisotopic (exact) mass is 256 g/mol. The fourth-order valence-corrected chi connectivity index (χ4v) is 1.65. The van der Waals surface area contributed by atoms with Gasteiger partial charge in [0.2, 0.25) is 0 Å². The van der Waals surface area contributed by atoms with E-state index in [9.17, 15) is 16.8 Å². The van der Waals surface area contributed by atoms with Gasteiger partial charge in [0, 0.05) is 13.1 Å². The average molecular weight is 256 g/mol. The molecule has 16 heavy (non-hydrogen) atoms. The van der Waals surface area contributed by atoms with E-state index in [4.69, 9.17) is 4.74 Å². The summed E-state index contributed by atoms with van der Waals surface area (Å²) in [6.45, 7) is 5.19. The lowest BCUT2D eigenvalue weighted by atomic mass is 10.1. The molecule has 0 aliphatic carbocycles. The van der Waals surface area contributed by atoms with Gasteiger partial charge < -0.3 is 9.64 Å². The Bertz CT molecular complexity index is 385. The summed E-state index contributed by atoms with van der Waals surface area (Å²) in [5.41, 5.74) is -0.618. The number of nitrogens with zero attached hydrogens (tertiary/aromatic N) is 2. The molecule has 1 fully saturated rings. The lowest BCUT2D eigenvalue weighted by molar-refractivity contribution is 0.00908. The molecule has 1 rings (SSSR count). The van der Waals surface area contributed by atoms with Crippen LogP contribution in [0.1, 0.15) is 20.8 Å². The molecule has 0 aromatic carbocycles. The van der Waals surface area contributed by atoms with Crippen LogP contribution in [-0.4, -0.2) is 39.9 Å². The van der Waals surface area contributed by atoms with Crippen LogP contribution in [0, 0.1) is 0 Å². The number of carbonyl (C=O) groups is 1. The number of halogens is 2. The molecular weight excluding hydrogens is 242 g/mol. The summed E-state index contributed by atoms with van der Waals surface area (Å²) in [4.78, 5) is 12.6. The van der Waals surface area contributed by atoms with Crippen molar-refractivity contribution in [3.8, 4) is 0 Å². The van der Waals surface area contributed by atoms with E-state index in [0.29, 0.717) is 0 Å². The highest BCUT2D eigenvalue weighted by Crippen LogP contribution is 2.18. The summed E-state index contributed by atoms with van der Waals surface area (Å²) < 4.78 is 41.9. The normalized spacial score (nSPS) is 17.9. The van der Waals surface area contributed by atoms with Crippen molar-refractivity contribution in [3.05, 3.63) is 0 Å². The molecule has 0 aromatic rings. The van der Waals surface area contributed by atoms with Gasteiger partial charge in [-0.2, -0.15) is 8.57 Å². The first kappa shape index (κ1) is 13.1. The standard InChI is InChI=1S/C8H14F2N2O3S/c1-8(2,3)15-7(13)12-4-6(5-12)11-16(9,10)14/h6H,4-5H2,1-3H3. The van der Waals surface area contributed by atoms with E-state index >= 15 is 0 Å². The number of ether oxygens (including phenoxy) is 1. The quantitative estimate of drug-likeness (QED) is 0.673. The Balaban J connectivity index is 2.43. The van der Waals surface area contributed by atoms with Crippen molar-refractivity contribution in [1.82, 2.24) is 4.90 Å². The number of rotatable bonds is 1. The number of hydrogen-bond acceptors (Lipinski definition) is 4. The van der Waals surface area contributed by atoms with E-state index < -0.39 is 28.2 Å². The molecule has 0 N–H and O–H groups in total. The lowest BCUT2D eigenvalue weighted by Crippen LogP contribution is -2.54. The average Bonchev–Trinajstić information content (AvgIpc) is 1.89. The van der Waals surface area contributed by atoms with Crippen LogP contribution in [0.25, 0.3) is 0 Å². The van der Waals surface area contributed by atoms with Gasteiger partial charge in [0.1, 0.15) is 5.60 Å². The van der Waals surface area contributed by atoms with Crippen LogP contribution in [-0.2, 0) is 15.2 Å². The van der Waals surface area contributed by atoms with Crippen LogP contribution >= 0.6 is 0 Å². The van der Waals surface area contributed by atoms with Crippen LogP contribution in [0.5, 0.6) is 0 Å². The molecule has 0 spiro atoms. The van der Waals surface area contributed by atoms with Gasteiger partial charge in [-0.05, 0) is 20.8 Å². The van der Waals surface area contributed by atoms with Gasteiger partial charge in [0.05, 0.1) is 6.04 Å². The molecule has 1 aliphatic rings. The number of likely N-dealkylation sites (tertiary alicyclic amines) is 1. The largest absolute Gasteiger partial charge is 0.444 e. The van der Waals surface area contributed by atoms with Crippen molar-refractivity contribution < 1.29 is 21.5 Å². The van der Waals surface area contributed by atoms with Crippen molar-refractivity contribution in [1.29, 1.82) is 0 Å². The molecule has 94 valence electrons. The van der Waals surface area contributed by atoms with Gasteiger partial charge in [-0.15, -0.1) is 0 Å². The van der Waals surface area contributed by atoms with Crippen LogP contribution < -0.4 is 0 Å². The first-order valence-electron chi connectivity index (χ1n) is 4.70. The highest BCUT2D eigenvalue weighted by atomic mass is 32.3. The zero-order valence-corrected chi connectivity index (χ0v) is 10.1. The highest BCUT2D eigenvalue weighted by molar-refractivity contribution is 7.83. The van der Waals surface area contributed by atoms with Crippen molar-refractivity contribution in [2.45, 2.75) is 32.4 Å². The second-order valence-electron chi connectivity index (χ2n) is 4.54. The van der Waals surface area contributed by atoms with Crippen molar-refractivity contribution in [2.24, 2.45) is 4.36 Å². The van der Waals surface area contributed by atoms with Gasteiger partial charge in [-0.3, -0.25) is 0 Å². The molecule has 1 aliphatic heterocycles. The maximum atomic E-state index is 12.0. The van der Waals surface area contributed by atoms with Crippen LogP contribution in [0.3, 0.4) is 0 Å². The SMILES string of the molecule is CC(C)(C)OC(=O)N1CC(N=S(=O)(F)F)C1. The minimum atomic E-state index is -5.07. The number of carbonyl (C=O) groups excluding carboxylic acids is 1. The molecule has 8 heteroatoms. The maximum Gasteiger partial charge on any atom is 0.410 e. The molecular formula is C8H14F2N2O3S. The second kappa shape index (κ2) is 4.15. The highest BCUT2D eigenvalue weighted by Gasteiger charge is 2.34. The summed E-state index contributed by atoms with van der Waals surface area (Å²) in [6, 6.07) is -0.755. The molecule has 1 heterocycles. The molecule has 0 radical (unpaired) electrons. The zero-order valence-electron chi connectivity index (χ0n) is 9.27. The summed E-state index contributed by atoms with van der Waals surface area (Å²) >= 11 is 0. The third kappa shape index (κ3) is 4.30. The summed E-state index contributed by atoms with van der Waals surface area (Å²) in [7, 11) is -5.07. The van der Waals surface area contributed by atoms with Crippen molar-refractivity contribution >= 4 is 16.6 Å². The van der Waals surface area contributed by atoms with Gasteiger partial charge in [-0.1, -0.05) is 7.77 Å². The van der Waals surface area contributed by atoms with Crippen LogP contribution in [0.15, 0.2) is 4.36 Å². The van der Waals surface area contributed by atoms with E-state index in [0.717, 1.165) is 0 Å². The van der Waals surface area contributed by atoms with E-state index in [1.165, 1.54) is 4.90 Å². The maximum absolute atomic E-state index is 12.0. The number of amides is 1. The molecule has 5 nitrogen and oxygen atoms in total. The first-order chi connectivity index (χ1) is 7.07. The van der Waals surface area contributed by atoms with Gasteiger partial charge in [-0.25, -0.2) is 4.79 Å². The fraction of sp³-hybridized carbons (Fsp3) is 0.875. The Morgan fingerprint density at radius 3 is 2.31 bits per heavy atom. The topological polar surface area (TPSA) is 59.0 Å². The van der Waals surface area contributed by atoms with Gasteiger partial charge >= 0.3 is 16.6 Å². The smallest absolute Gasteiger partial charge is 0.410 e. The summed E-state index contributed by atoms with van der Waals surface area (Å²) in [5.74, 6) is 0. The minimum Gasteiger partial charge on any atom is -0.444 e. The van der Waals surface area contributed by atoms with E-state index in [2.05, 4.69) is 4.36 Å². The molecule has 1 saturated heterocycles. The molecule has 0 unspecified atom stereocenters. The fourth-order valence-electron chi connectivity index (χ4n) is 1.17. The Hall–Kier alpha value is -0.920. The Labute approximate surface area is 93.5 Å². The van der Waals surface area contributed by atoms with Crippen molar-refractivity contribution in [2.75, 3.05) is 13.1 Å². The predicted molar refractivity (Wildman–Crippen MR) is 54.4 cm³/mol. The Morgan fingerprint density at radius 2 is 1.94 bits per heavy atom. The zero-order chi connectivity index (χ0) is 12.6. The Kier molecular flexibility index (Phi) is 3.41. The Morgan fingerprint density at radius 1 is 1.44 bits per heavy atom. The molecule has 0 bridgehead atoms. The van der Waals surface area contributed by atoms with Crippen LogP contribution in [0.4, 0.5) is 12.6 Å². The van der Waals surface area contributed by atoms with Crippen LogP contribution in [0.2, 0.25) is 0 Å². The van der Waals surface area contributed by atoms with Gasteiger partial charge in [0.25, 0.3) is 0 Å². The van der Waals surface area contributed by atoms with E-state index in [-0.39, 0.29) is 13.1 Å². The van der Waals surface area contributed by atoms with E-state index in [1.807, 2.05) is 0 Å². The first-order valence-corrected chi connectivity index (χ1v) is 6.02. The number of hydrogen-bond donors (Lipinski definition) is 0. The second-order valence-corrected chi connectivity index (χ2v) is 5.55. The lowest BCUT2D eigenvalue weighted by Gasteiger charge is -2.37. The minimum absolute atomic E-state index is 0.0275. The molecule has 1 amide bonds. The molecule has 0 saturated carbocycles. The molecule has 0 atom stereocenters. The third-order valence-electron chi connectivity index (χ3n) is 1.79.